The summed E-state index contributed by atoms with van der Waals surface area (Å²) < 4.78 is 10.3. The van der Waals surface area contributed by atoms with Crippen LogP contribution in [-0.2, 0) is 9.53 Å². The van der Waals surface area contributed by atoms with Crippen LogP contribution in [0.15, 0.2) is 28.7 Å². The van der Waals surface area contributed by atoms with Crippen molar-refractivity contribution < 1.29 is 13.9 Å². The predicted octanol–water partition coefficient (Wildman–Crippen LogP) is 2.97. The lowest BCUT2D eigenvalue weighted by Crippen LogP contribution is -2.23. The van der Waals surface area contributed by atoms with E-state index >= 15 is 0 Å². The van der Waals surface area contributed by atoms with Gasteiger partial charge in [0.15, 0.2) is 5.58 Å². The summed E-state index contributed by atoms with van der Waals surface area (Å²) in [6.07, 6.45) is 2.13. The average Bonchev–Trinajstić information content (AvgIpc) is 2.80. The number of para-hydroxylation sites is 2. The van der Waals surface area contributed by atoms with E-state index in [2.05, 4.69) is 17.2 Å². The third kappa shape index (κ3) is 3.47. The number of esters is 1. The van der Waals surface area contributed by atoms with E-state index in [-0.39, 0.29) is 12.0 Å². The number of anilines is 1. The fourth-order valence-electron chi connectivity index (χ4n) is 1.97. The zero-order valence-electron chi connectivity index (χ0n) is 11.2. The van der Waals surface area contributed by atoms with Gasteiger partial charge in [-0.2, -0.15) is 4.98 Å². The molecule has 1 N–H and O–H groups in total. The number of nitrogens with one attached hydrogen (secondary N) is 1. The largest absolute Gasteiger partial charge is 0.469 e. The van der Waals surface area contributed by atoms with Crippen LogP contribution in [0.3, 0.4) is 0 Å². The van der Waals surface area contributed by atoms with E-state index in [4.69, 9.17) is 9.15 Å². The van der Waals surface area contributed by atoms with Gasteiger partial charge in [0.05, 0.1) is 13.5 Å². The van der Waals surface area contributed by atoms with Gasteiger partial charge < -0.3 is 14.5 Å². The molecule has 19 heavy (non-hydrogen) atoms. The van der Waals surface area contributed by atoms with Gasteiger partial charge in [0.2, 0.25) is 0 Å². The van der Waals surface area contributed by atoms with Crippen molar-refractivity contribution in [1.82, 2.24) is 4.98 Å². The highest BCUT2D eigenvalue weighted by molar-refractivity contribution is 5.74. The fraction of sp³-hybridized carbons (Fsp3) is 0.429. The second-order valence-corrected chi connectivity index (χ2v) is 4.40. The number of methoxy groups -OCH3 is 1. The first-order valence-electron chi connectivity index (χ1n) is 6.42. The van der Waals surface area contributed by atoms with Gasteiger partial charge in [-0.3, -0.25) is 4.79 Å². The number of carbonyl (C=O) groups excluding carboxylic acids is 1. The van der Waals surface area contributed by atoms with Crippen molar-refractivity contribution in [2.24, 2.45) is 0 Å². The Morgan fingerprint density at radius 2 is 2.26 bits per heavy atom. The zero-order chi connectivity index (χ0) is 13.7. The van der Waals surface area contributed by atoms with Crippen LogP contribution in [0.5, 0.6) is 0 Å². The second kappa shape index (κ2) is 6.22. The summed E-state index contributed by atoms with van der Waals surface area (Å²) >= 11 is 0. The van der Waals surface area contributed by atoms with E-state index in [1.54, 1.807) is 0 Å². The molecule has 5 nitrogen and oxygen atoms in total. The lowest BCUT2D eigenvalue weighted by molar-refractivity contribution is -0.140. The van der Waals surface area contributed by atoms with Crippen molar-refractivity contribution in [3.8, 4) is 0 Å². The third-order valence-electron chi connectivity index (χ3n) is 2.90. The SMILES string of the molecule is CCCC(CC(=O)OC)Nc1nc2ccccc2o1. The van der Waals surface area contributed by atoms with Gasteiger partial charge in [0, 0.05) is 6.04 Å². The number of benzene rings is 1. The topological polar surface area (TPSA) is 64.4 Å². The summed E-state index contributed by atoms with van der Waals surface area (Å²) in [7, 11) is 1.39. The number of aromatic nitrogens is 1. The van der Waals surface area contributed by atoms with E-state index < -0.39 is 0 Å². The molecule has 0 aliphatic carbocycles. The molecule has 0 bridgehead atoms. The zero-order valence-corrected chi connectivity index (χ0v) is 11.2. The Balaban J connectivity index is 2.09. The molecule has 102 valence electrons. The molecule has 5 heteroatoms. The van der Waals surface area contributed by atoms with Crippen molar-refractivity contribution >= 4 is 23.1 Å². The summed E-state index contributed by atoms with van der Waals surface area (Å²) in [6.45, 7) is 2.07. The molecule has 1 atom stereocenters. The highest BCUT2D eigenvalue weighted by atomic mass is 16.5. The molecule has 0 spiro atoms. The third-order valence-corrected chi connectivity index (χ3v) is 2.90. The fourth-order valence-corrected chi connectivity index (χ4v) is 1.97. The minimum atomic E-state index is -0.234. The molecule has 0 saturated heterocycles. The Morgan fingerprint density at radius 1 is 1.47 bits per heavy atom. The lowest BCUT2D eigenvalue weighted by Gasteiger charge is -2.14. The predicted molar refractivity (Wildman–Crippen MR) is 73.0 cm³/mol. The standard InChI is InChI=1S/C14H18N2O3/c1-3-6-10(9-13(17)18-2)15-14-16-11-7-4-5-8-12(11)19-14/h4-5,7-8,10H,3,6,9H2,1-2H3,(H,15,16). The molecule has 2 rings (SSSR count). The number of hydrogen-bond donors (Lipinski definition) is 1. The molecule has 0 saturated carbocycles. The maximum atomic E-state index is 11.3. The van der Waals surface area contributed by atoms with Crippen LogP contribution in [0.4, 0.5) is 6.01 Å². The van der Waals surface area contributed by atoms with Crippen LogP contribution in [-0.4, -0.2) is 24.1 Å². The smallest absolute Gasteiger partial charge is 0.307 e. The summed E-state index contributed by atoms with van der Waals surface area (Å²) in [5.41, 5.74) is 1.54. The molecule has 1 heterocycles. The average molecular weight is 262 g/mol. The van der Waals surface area contributed by atoms with Crippen molar-refractivity contribution in [2.75, 3.05) is 12.4 Å². The Bertz CT molecular complexity index is 517. The first kappa shape index (κ1) is 13.4. The number of carbonyl (C=O) groups is 1. The van der Waals surface area contributed by atoms with Crippen LogP contribution in [0, 0.1) is 0 Å². The van der Waals surface area contributed by atoms with Gasteiger partial charge in [-0.1, -0.05) is 25.5 Å². The molecule has 1 unspecified atom stereocenters. The minimum Gasteiger partial charge on any atom is -0.469 e. The van der Waals surface area contributed by atoms with Gasteiger partial charge in [-0.05, 0) is 18.6 Å². The number of rotatable bonds is 6. The monoisotopic (exact) mass is 262 g/mol. The Morgan fingerprint density at radius 3 is 2.95 bits per heavy atom. The van der Waals surface area contributed by atoms with E-state index in [9.17, 15) is 4.79 Å². The first-order valence-corrected chi connectivity index (χ1v) is 6.42. The van der Waals surface area contributed by atoms with Crippen LogP contribution in [0.25, 0.3) is 11.1 Å². The molecule has 0 amide bonds. The van der Waals surface area contributed by atoms with E-state index in [1.165, 1.54) is 7.11 Å². The number of hydrogen-bond acceptors (Lipinski definition) is 5. The lowest BCUT2D eigenvalue weighted by atomic mass is 10.1. The van der Waals surface area contributed by atoms with E-state index in [0.717, 1.165) is 23.9 Å². The highest BCUT2D eigenvalue weighted by Crippen LogP contribution is 2.20. The maximum Gasteiger partial charge on any atom is 0.307 e. The molecule has 1 aromatic carbocycles. The molecule has 2 aromatic rings. The summed E-state index contributed by atoms with van der Waals surface area (Å²) in [5, 5.41) is 3.16. The molecule has 0 radical (unpaired) electrons. The maximum absolute atomic E-state index is 11.3. The van der Waals surface area contributed by atoms with Gasteiger partial charge >= 0.3 is 5.97 Å². The molecular weight excluding hydrogens is 244 g/mol. The van der Waals surface area contributed by atoms with Gasteiger partial charge in [0.1, 0.15) is 5.52 Å². The normalized spacial score (nSPS) is 12.3. The van der Waals surface area contributed by atoms with E-state index in [0.29, 0.717) is 12.4 Å². The summed E-state index contributed by atoms with van der Waals surface area (Å²) in [6, 6.07) is 7.98. The van der Waals surface area contributed by atoms with Gasteiger partial charge in [-0.15, -0.1) is 0 Å². The Labute approximate surface area is 112 Å². The van der Waals surface area contributed by atoms with Crippen molar-refractivity contribution in [1.29, 1.82) is 0 Å². The van der Waals surface area contributed by atoms with E-state index in [1.807, 2.05) is 24.3 Å². The number of oxazole rings is 1. The van der Waals surface area contributed by atoms with Crippen LogP contribution in [0.1, 0.15) is 26.2 Å². The molecule has 0 aliphatic rings. The van der Waals surface area contributed by atoms with Gasteiger partial charge in [-0.25, -0.2) is 0 Å². The van der Waals surface area contributed by atoms with Crippen molar-refractivity contribution in [2.45, 2.75) is 32.2 Å². The second-order valence-electron chi connectivity index (χ2n) is 4.40. The van der Waals surface area contributed by atoms with Crippen LogP contribution in [0.2, 0.25) is 0 Å². The highest BCUT2D eigenvalue weighted by Gasteiger charge is 2.16. The van der Waals surface area contributed by atoms with Crippen molar-refractivity contribution in [3.63, 3.8) is 0 Å². The van der Waals surface area contributed by atoms with Crippen LogP contribution < -0.4 is 5.32 Å². The van der Waals surface area contributed by atoms with Crippen LogP contribution >= 0.6 is 0 Å². The molecule has 1 aromatic heterocycles. The molecule has 0 fully saturated rings. The Kier molecular flexibility index (Phi) is 4.39. The van der Waals surface area contributed by atoms with Gasteiger partial charge in [0.25, 0.3) is 6.01 Å². The molecule has 0 aliphatic heterocycles. The van der Waals surface area contributed by atoms with Crippen molar-refractivity contribution in [3.05, 3.63) is 24.3 Å². The quantitative estimate of drug-likeness (QED) is 0.811. The number of fused-ring (bicyclic) bond motifs is 1. The summed E-state index contributed by atoms with van der Waals surface area (Å²) in [5.74, 6) is -0.234. The molecular formula is C14H18N2O3. The Hall–Kier alpha value is -2.04. The minimum absolute atomic E-state index is 0.0227. The summed E-state index contributed by atoms with van der Waals surface area (Å²) in [4.78, 5) is 15.7. The number of ether oxygens (including phenoxy) is 1. The number of nitrogens with zero attached hydrogens (tertiary/aromatic N) is 1. The first-order chi connectivity index (χ1) is 9.22.